The number of aromatic nitrogens is 3. The van der Waals surface area contributed by atoms with Crippen molar-refractivity contribution < 1.29 is 9.72 Å². The molecule has 0 fully saturated rings. The highest BCUT2D eigenvalue weighted by molar-refractivity contribution is 5.83. The summed E-state index contributed by atoms with van der Waals surface area (Å²) in [6.45, 7) is 2.18. The SMILES string of the molecule is Cc1cc(CNC(=O)Cn2cc([N+](=O)[O-])cn2)c2ccccc2n1. The van der Waals surface area contributed by atoms with Crippen molar-refractivity contribution in [2.45, 2.75) is 20.0 Å². The molecule has 8 nitrogen and oxygen atoms in total. The number of nitrogens with one attached hydrogen (secondary N) is 1. The Morgan fingerprint density at radius 2 is 2.17 bits per heavy atom. The van der Waals surface area contributed by atoms with Crippen LogP contribution >= 0.6 is 0 Å². The third-order valence-corrected chi connectivity index (χ3v) is 3.54. The van der Waals surface area contributed by atoms with Crippen LogP contribution in [-0.4, -0.2) is 25.6 Å². The number of hydrogen-bond donors (Lipinski definition) is 1. The number of benzene rings is 1. The molecule has 8 heteroatoms. The van der Waals surface area contributed by atoms with E-state index in [1.165, 1.54) is 10.9 Å². The van der Waals surface area contributed by atoms with Crippen molar-refractivity contribution in [1.82, 2.24) is 20.1 Å². The predicted octanol–water partition coefficient (Wildman–Crippen LogP) is 1.96. The molecule has 0 aliphatic rings. The number of pyridine rings is 1. The quantitative estimate of drug-likeness (QED) is 0.570. The summed E-state index contributed by atoms with van der Waals surface area (Å²) in [4.78, 5) is 26.6. The van der Waals surface area contributed by atoms with Crippen LogP contribution in [0.15, 0.2) is 42.7 Å². The zero-order chi connectivity index (χ0) is 17.1. The lowest BCUT2D eigenvalue weighted by Gasteiger charge is -2.09. The van der Waals surface area contributed by atoms with Crippen molar-refractivity contribution in [2.75, 3.05) is 0 Å². The lowest BCUT2D eigenvalue weighted by molar-refractivity contribution is -0.385. The molecular weight excluding hydrogens is 310 g/mol. The Kier molecular flexibility index (Phi) is 4.19. The highest BCUT2D eigenvalue weighted by Crippen LogP contribution is 2.18. The highest BCUT2D eigenvalue weighted by atomic mass is 16.6. The van der Waals surface area contributed by atoms with Gasteiger partial charge in [-0.3, -0.25) is 24.6 Å². The number of nitro groups is 1. The molecule has 0 bridgehead atoms. The van der Waals surface area contributed by atoms with Gasteiger partial charge in [0.2, 0.25) is 5.91 Å². The molecule has 0 saturated carbocycles. The number of fused-ring (bicyclic) bond motifs is 1. The molecule has 1 aromatic carbocycles. The molecule has 2 aromatic heterocycles. The topological polar surface area (TPSA) is 103 Å². The van der Waals surface area contributed by atoms with E-state index >= 15 is 0 Å². The molecule has 0 unspecified atom stereocenters. The summed E-state index contributed by atoms with van der Waals surface area (Å²) in [7, 11) is 0. The van der Waals surface area contributed by atoms with Crippen molar-refractivity contribution in [3.05, 3.63) is 64.1 Å². The third-order valence-electron chi connectivity index (χ3n) is 3.54. The maximum absolute atomic E-state index is 12.0. The number of para-hydroxylation sites is 1. The number of rotatable bonds is 5. The third kappa shape index (κ3) is 3.37. The number of aryl methyl sites for hydroxylation is 1. The molecule has 0 atom stereocenters. The smallest absolute Gasteiger partial charge is 0.307 e. The number of carbonyl (C=O) groups excluding carboxylic acids is 1. The number of nitrogens with zero attached hydrogens (tertiary/aromatic N) is 4. The second kappa shape index (κ2) is 6.45. The fraction of sp³-hybridized carbons (Fsp3) is 0.188. The first-order valence-electron chi connectivity index (χ1n) is 7.32. The maximum Gasteiger partial charge on any atom is 0.307 e. The summed E-state index contributed by atoms with van der Waals surface area (Å²) in [5, 5.41) is 18.2. The van der Waals surface area contributed by atoms with E-state index in [1.807, 2.05) is 37.3 Å². The average molecular weight is 325 g/mol. The van der Waals surface area contributed by atoms with E-state index < -0.39 is 4.92 Å². The Bertz CT molecular complexity index is 919. The minimum atomic E-state index is -0.548. The molecule has 3 aromatic rings. The number of amides is 1. The van der Waals surface area contributed by atoms with Gasteiger partial charge in [0, 0.05) is 17.6 Å². The van der Waals surface area contributed by atoms with Gasteiger partial charge in [-0.1, -0.05) is 18.2 Å². The fourth-order valence-electron chi connectivity index (χ4n) is 2.47. The van der Waals surface area contributed by atoms with Gasteiger partial charge >= 0.3 is 5.69 Å². The Morgan fingerprint density at radius 1 is 1.38 bits per heavy atom. The lowest BCUT2D eigenvalue weighted by atomic mass is 10.1. The van der Waals surface area contributed by atoms with Crippen LogP contribution in [0, 0.1) is 17.0 Å². The Morgan fingerprint density at radius 3 is 2.92 bits per heavy atom. The Balaban J connectivity index is 1.69. The van der Waals surface area contributed by atoms with Gasteiger partial charge in [-0.25, -0.2) is 0 Å². The maximum atomic E-state index is 12.0. The molecule has 0 radical (unpaired) electrons. The summed E-state index contributed by atoms with van der Waals surface area (Å²) in [6, 6.07) is 9.66. The number of carbonyl (C=O) groups is 1. The van der Waals surface area contributed by atoms with E-state index in [1.54, 1.807) is 0 Å². The van der Waals surface area contributed by atoms with Gasteiger partial charge < -0.3 is 5.32 Å². The monoisotopic (exact) mass is 325 g/mol. The average Bonchev–Trinajstić information content (AvgIpc) is 3.01. The first-order valence-corrected chi connectivity index (χ1v) is 7.32. The Hall–Kier alpha value is -3.29. The number of hydrogen-bond acceptors (Lipinski definition) is 5. The van der Waals surface area contributed by atoms with Gasteiger partial charge in [0.1, 0.15) is 18.9 Å². The van der Waals surface area contributed by atoms with Crippen molar-refractivity contribution in [3.8, 4) is 0 Å². The first-order chi connectivity index (χ1) is 11.5. The molecule has 0 saturated heterocycles. The van der Waals surface area contributed by atoms with Gasteiger partial charge in [-0.15, -0.1) is 0 Å². The molecule has 2 heterocycles. The highest BCUT2D eigenvalue weighted by Gasteiger charge is 2.11. The van der Waals surface area contributed by atoms with Gasteiger partial charge in [0.05, 0.1) is 10.4 Å². The van der Waals surface area contributed by atoms with Crippen LogP contribution in [0.25, 0.3) is 10.9 Å². The van der Waals surface area contributed by atoms with Crippen LogP contribution in [0.4, 0.5) is 5.69 Å². The van der Waals surface area contributed by atoms with Crippen molar-refractivity contribution in [1.29, 1.82) is 0 Å². The summed E-state index contributed by atoms with van der Waals surface area (Å²) in [6.07, 6.45) is 2.35. The van der Waals surface area contributed by atoms with E-state index in [-0.39, 0.29) is 18.1 Å². The molecule has 0 aliphatic heterocycles. The van der Waals surface area contributed by atoms with E-state index in [0.29, 0.717) is 6.54 Å². The van der Waals surface area contributed by atoms with E-state index in [0.717, 1.165) is 28.4 Å². The van der Waals surface area contributed by atoms with Crippen LogP contribution in [0.1, 0.15) is 11.3 Å². The normalized spacial score (nSPS) is 10.7. The Labute approximate surface area is 137 Å². The zero-order valence-electron chi connectivity index (χ0n) is 13.0. The summed E-state index contributed by atoms with van der Waals surface area (Å²) < 4.78 is 1.24. The summed E-state index contributed by atoms with van der Waals surface area (Å²) in [5.74, 6) is -0.272. The summed E-state index contributed by atoms with van der Waals surface area (Å²) in [5.41, 5.74) is 2.58. The molecule has 24 heavy (non-hydrogen) atoms. The molecule has 1 N–H and O–H groups in total. The van der Waals surface area contributed by atoms with E-state index in [2.05, 4.69) is 15.4 Å². The van der Waals surface area contributed by atoms with E-state index in [9.17, 15) is 14.9 Å². The predicted molar refractivity (Wildman–Crippen MR) is 87.2 cm³/mol. The first kappa shape index (κ1) is 15.6. The second-order valence-corrected chi connectivity index (χ2v) is 5.37. The standard InChI is InChI=1S/C16H15N5O3/c1-11-6-12(14-4-2-3-5-15(14)19-11)7-17-16(22)10-20-9-13(8-18-20)21(23)24/h2-6,8-9H,7,10H2,1H3,(H,17,22). The molecular formula is C16H15N5O3. The van der Waals surface area contributed by atoms with Crippen LogP contribution in [0.2, 0.25) is 0 Å². The summed E-state index contributed by atoms with van der Waals surface area (Å²) >= 11 is 0. The fourth-order valence-corrected chi connectivity index (χ4v) is 2.47. The van der Waals surface area contributed by atoms with E-state index in [4.69, 9.17) is 0 Å². The van der Waals surface area contributed by atoms with Gasteiger partial charge in [-0.2, -0.15) is 5.10 Å². The lowest BCUT2D eigenvalue weighted by Crippen LogP contribution is -2.27. The van der Waals surface area contributed by atoms with Gasteiger partial charge in [0.25, 0.3) is 0 Å². The molecule has 3 rings (SSSR count). The zero-order valence-corrected chi connectivity index (χ0v) is 13.0. The van der Waals surface area contributed by atoms with Crippen LogP contribution in [0.5, 0.6) is 0 Å². The molecule has 122 valence electrons. The van der Waals surface area contributed by atoms with Crippen LogP contribution < -0.4 is 5.32 Å². The molecule has 0 spiro atoms. The van der Waals surface area contributed by atoms with Gasteiger partial charge in [-0.05, 0) is 24.6 Å². The molecule has 1 amide bonds. The minimum Gasteiger partial charge on any atom is -0.350 e. The van der Waals surface area contributed by atoms with Crippen molar-refractivity contribution in [2.24, 2.45) is 0 Å². The van der Waals surface area contributed by atoms with Crippen molar-refractivity contribution >= 4 is 22.5 Å². The van der Waals surface area contributed by atoms with Crippen LogP contribution in [0.3, 0.4) is 0 Å². The largest absolute Gasteiger partial charge is 0.350 e. The minimum absolute atomic E-state index is 0.0736. The van der Waals surface area contributed by atoms with Crippen molar-refractivity contribution in [3.63, 3.8) is 0 Å². The second-order valence-electron chi connectivity index (χ2n) is 5.37. The molecule has 0 aliphatic carbocycles. The van der Waals surface area contributed by atoms with Gasteiger partial charge in [0.15, 0.2) is 0 Å². The van der Waals surface area contributed by atoms with Crippen LogP contribution in [-0.2, 0) is 17.9 Å².